The van der Waals surface area contributed by atoms with Crippen molar-refractivity contribution in [1.82, 2.24) is 0 Å². The molecule has 0 saturated carbocycles. The minimum Gasteiger partial charge on any atom is -0.457 e. The number of carbonyl (C=O) groups excluding carboxylic acids is 1. The van der Waals surface area contributed by atoms with E-state index in [0.29, 0.717) is 36.3 Å². The highest BCUT2D eigenvalue weighted by Crippen LogP contribution is 2.37. The third-order valence-corrected chi connectivity index (χ3v) is 11.1. The van der Waals surface area contributed by atoms with Crippen LogP contribution in [-0.4, -0.2) is 24.9 Å². The van der Waals surface area contributed by atoms with Crippen molar-refractivity contribution in [3.63, 3.8) is 0 Å². The van der Waals surface area contributed by atoms with Crippen molar-refractivity contribution >= 4 is 15.4 Å². The number of carbonyl (C=O) groups is 1. The molecule has 0 atom stereocenters. The first-order chi connectivity index (χ1) is 24.9. The maximum atomic E-state index is 14.8. The Morgan fingerprint density at radius 3 is 2.02 bits per heavy atom. The lowest BCUT2D eigenvalue weighted by Gasteiger charge is -2.30. The smallest absolute Gasteiger partial charge is 0.193 e. The molecule has 0 aliphatic heterocycles. The predicted octanol–water partition coefficient (Wildman–Crippen LogP) is 10.7. The second-order valence-corrected chi connectivity index (χ2v) is 15.5. The van der Waals surface area contributed by atoms with E-state index in [1.807, 2.05) is 19.1 Å². The van der Waals surface area contributed by atoms with Gasteiger partial charge in [-0.05, 0) is 96.6 Å². The molecule has 7 nitrogen and oxygen atoms in total. The summed E-state index contributed by atoms with van der Waals surface area (Å²) in [7, 11) is -4.99. The van der Waals surface area contributed by atoms with E-state index in [4.69, 9.17) is 4.74 Å². The molecule has 2 N–H and O–H groups in total. The lowest BCUT2D eigenvalue weighted by molar-refractivity contribution is 0.103. The molecule has 0 bridgehead atoms. The number of unbranched alkanes of at least 4 members (excludes halogenated alkanes) is 3. The first kappa shape index (κ1) is 37.7. The van der Waals surface area contributed by atoms with Gasteiger partial charge in [0, 0.05) is 22.3 Å². The summed E-state index contributed by atoms with van der Waals surface area (Å²) in [6.45, 7) is 3.93. The van der Waals surface area contributed by atoms with Crippen molar-refractivity contribution in [2.24, 2.45) is 0 Å². The largest absolute Gasteiger partial charge is 0.457 e. The molecule has 0 amide bonds. The monoisotopic (exact) mass is 720 g/mol. The van der Waals surface area contributed by atoms with E-state index in [-0.39, 0.29) is 49.6 Å². The average molecular weight is 721 g/mol. The van der Waals surface area contributed by atoms with E-state index in [1.165, 1.54) is 48.5 Å². The fourth-order valence-corrected chi connectivity index (χ4v) is 7.77. The molecule has 5 aromatic carbocycles. The normalized spacial score (nSPS) is 12.0. The van der Waals surface area contributed by atoms with Crippen LogP contribution in [0, 0.1) is 34.3 Å². The summed E-state index contributed by atoms with van der Waals surface area (Å²) in [5.74, 6) is -1.37. The molecule has 0 radical (unpaired) electrons. The summed E-state index contributed by atoms with van der Waals surface area (Å²) < 4.78 is 69.6. The lowest BCUT2D eigenvalue weighted by Crippen LogP contribution is -2.35. The number of rotatable bonds is 14. The van der Waals surface area contributed by atoms with Crippen molar-refractivity contribution in [3.8, 4) is 45.9 Å². The molecule has 0 unspecified atom stereocenters. The molecule has 5 rings (SSSR count). The van der Waals surface area contributed by atoms with Gasteiger partial charge < -0.3 is 13.8 Å². The van der Waals surface area contributed by atoms with Gasteiger partial charge in [0.15, 0.2) is 5.78 Å². The van der Waals surface area contributed by atoms with Crippen molar-refractivity contribution < 1.29 is 31.6 Å². The van der Waals surface area contributed by atoms with E-state index in [1.54, 1.807) is 42.5 Å². The Morgan fingerprint density at radius 2 is 1.38 bits per heavy atom. The average Bonchev–Trinajstić information content (AvgIpc) is 3.14. The number of ketones is 1. The number of halogens is 2. The van der Waals surface area contributed by atoms with Crippen LogP contribution in [0.3, 0.4) is 0 Å². The Labute approximate surface area is 302 Å². The number of hydrogen-bond donors (Lipinski definition) is 2. The highest BCUT2D eigenvalue weighted by atomic mass is 32.3. The van der Waals surface area contributed by atoms with Gasteiger partial charge in [-0.15, -0.1) is 0 Å². The Kier molecular flexibility index (Phi) is 11.5. The summed E-state index contributed by atoms with van der Waals surface area (Å²) in [5, 5.41) is 19.5. The van der Waals surface area contributed by atoms with Gasteiger partial charge in [0.2, 0.25) is 0 Å². The van der Waals surface area contributed by atoms with E-state index in [2.05, 4.69) is 6.92 Å². The summed E-state index contributed by atoms with van der Waals surface area (Å²) in [5.41, 5.74) is 1.83. The molecule has 0 spiro atoms. The second kappa shape index (κ2) is 15.8. The van der Waals surface area contributed by atoms with Crippen LogP contribution in [0.4, 0.5) is 8.78 Å². The van der Waals surface area contributed by atoms with Crippen molar-refractivity contribution in [2.45, 2.75) is 57.3 Å². The van der Waals surface area contributed by atoms with Gasteiger partial charge in [-0.2, -0.15) is 10.5 Å². The Balaban J connectivity index is 1.59. The first-order valence-electron chi connectivity index (χ1n) is 17.0. The zero-order valence-corrected chi connectivity index (χ0v) is 29.7. The number of nitrogens with zero attached hydrogens (tertiary/aromatic N) is 2. The molecule has 266 valence electrons. The summed E-state index contributed by atoms with van der Waals surface area (Å²) >= 11 is 0. The summed E-state index contributed by atoms with van der Waals surface area (Å²) in [6, 6.07) is 27.5. The van der Waals surface area contributed by atoms with Crippen LogP contribution < -0.4 is 4.74 Å². The van der Waals surface area contributed by atoms with Gasteiger partial charge in [0.05, 0.1) is 21.8 Å². The molecule has 0 aliphatic rings. The molecule has 10 heteroatoms. The standard InChI is InChI=1S/C42H38F2N2O5S/c1-3-5-7-10-29-24-30(16-22-41(29)51-31-17-19-32(20-18-31)52(48,49,50)23-6-4-2)42(47)36-25-28(33-11-8-13-39(43)37(33)26-45)15-21-35(36)34-12-9-14-40(44)38(34)27-46/h8-9,11-22,24-25H,3-7,10,23H2,1-2H3,(H2,48,49,50). The van der Waals surface area contributed by atoms with Crippen LogP contribution in [0.25, 0.3) is 22.3 Å². The Hall–Kier alpha value is -5.52. The van der Waals surface area contributed by atoms with Gasteiger partial charge in [-0.3, -0.25) is 4.79 Å². The second-order valence-electron chi connectivity index (χ2n) is 12.6. The molecule has 0 fully saturated rings. The number of nitriles is 2. The number of aryl methyl sites for hydroxylation is 1. The zero-order valence-electron chi connectivity index (χ0n) is 28.9. The molecular weight excluding hydrogens is 683 g/mol. The number of hydrogen-bond acceptors (Lipinski definition) is 5. The van der Waals surface area contributed by atoms with Crippen LogP contribution in [0.2, 0.25) is 0 Å². The van der Waals surface area contributed by atoms with Gasteiger partial charge in [0.25, 0.3) is 0 Å². The molecule has 0 heterocycles. The van der Waals surface area contributed by atoms with Crippen molar-refractivity contribution in [1.29, 1.82) is 10.5 Å². The van der Waals surface area contributed by atoms with Crippen LogP contribution in [0.1, 0.15) is 78.6 Å². The highest BCUT2D eigenvalue weighted by molar-refractivity contribution is 8.10. The Bertz CT molecular complexity index is 2280. The third-order valence-electron chi connectivity index (χ3n) is 8.88. The lowest BCUT2D eigenvalue weighted by atomic mass is 9.87. The highest BCUT2D eigenvalue weighted by Gasteiger charge is 2.32. The quantitative estimate of drug-likeness (QED) is 0.0862. The van der Waals surface area contributed by atoms with E-state index in [0.717, 1.165) is 30.9 Å². The van der Waals surface area contributed by atoms with Crippen molar-refractivity contribution in [3.05, 3.63) is 137 Å². The summed E-state index contributed by atoms with van der Waals surface area (Å²) in [6.07, 6.45) is 4.25. The van der Waals surface area contributed by atoms with Gasteiger partial charge in [-0.25, -0.2) is 13.0 Å². The first-order valence-corrected chi connectivity index (χ1v) is 19.1. The van der Waals surface area contributed by atoms with Gasteiger partial charge in [-0.1, -0.05) is 69.5 Å². The van der Waals surface area contributed by atoms with Crippen LogP contribution >= 0.6 is 0 Å². The van der Waals surface area contributed by atoms with E-state index >= 15 is 0 Å². The molecular formula is C42H38F2N2O5S. The van der Waals surface area contributed by atoms with Crippen LogP contribution in [0.5, 0.6) is 11.5 Å². The van der Waals surface area contributed by atoms with Gasteiger partial charge >= 0.3 is 0 Å². The third kappa shape index (κ3) is 8.17. The minimum atomic E-state index is -4.99. The molecule has 5 aromatic rings. The molecule has 0 aromatic heterocycles. The molecule has 52 heavy (non-hydrogen) atoms. The van der Waals surface area contributed by atoms with Crippen LogP contribution in [-0.2, 0) is 16.0 Å². The fourth-order valence-electron chi connectivity index (χ4n) is 6.04. The van der Waals surface area contributed by atoms with E-state index < -0.39 is 27.0 Å². The number of benzene rings is 5. The number of ether oxygens (including phenoxy) is 1. The van der Waals surface area contributed by atoms with Crippen LogP contribution in [0.15, 0.2) is 102 Å². The van der Waals surface area contributed by atoms with Crippen molar-refractivity contribution in [2.75, 3.05) is 5.75 Å². The maximum Gasteiger partial charge on any atom is 0.193 e. The maximum absolute atomic E-state index is 14.8. The summed E-state index contributed by atoms with van der Waals surface area (Å²) in [4.78, 5) is 14.4. The topological polar surface area (TPSA) is 131 Å². The predicted molar refractivity (Wildman–Crippen MR) is 198 cm³/mol. The Morgan fingerprint density at radius 1 is 0.750 bits per heavy atom. The molecule has 0 aliphatic carbocycles. The minimum absolute atomic E-state index is 0.0991. The zero-order chi connectivity index (χ0) is 37.5. The van der Waals surface area contributed by atoms with Gasteiger partial charge in [0.1, 0.15) is 44.9 Å². The fraction of sp³-hybridized carbons (Fsp3) is 0.214. The molecule has 0 saturated heterocycles. The SMILES string of the molecule is CCCCCc1cc(C(=O)c2cc(-c3cccc(F)c3C#N)ccc2-c2cccc(F)c2C#N)ccc1Oc1ccc(S(=O)(O)(O)CCCC)cc1. The van der Waals surface area contributed by atoms with E-state index in [9.17, 15) is 37.4 Å².